The molecule has 1 amide bonds. The molecule has 0 saturated carbocycles. The topological polar surface area (TPSA) is 71.3 Å². The average Bonchev–Trinajstić information content (AvgIpc) is 2.61. The van der Waals surface area contributed by atoms with Crippen LogP contribution in [0.4, 0.5) is 5.69 Å². The largest absolute Gasteiger partial charge is 0.506 e. The Kier molecular flexibility index (Phi) is 5.65. The first-order valence-corrected chi connectivity index (χ1v) is 9.59. The van der Waals surface area contributed by atoms with E-state index in [1.54, 1.807) is 41.0 Å². The maximum absolute atomic E-state index is 13.0. The molecular formula is C21H21BrN2O3. The molecule has 2 N–H and O–H groups in total. The summed E-state index contributed by atoms with van der Waals surface area (Å²) in [4.78, 5) is 25.8. The summed E-state index contributed by atoms with van der Waals surface area (Å²) in [5.41, 5.74) is 0.437. The van der Waals surface area contributed by atoms with Crippen LogP contribution in [0, 0.1) is 5.92 Å². The van der Waals surface area contributed by atoms with Crippen LogP contribution in [0.1, 0.15) is 30.6 Å². The van der Waals surface area contributed by atoms with Gasteiger partial charge in [-0.25, -0.2) is 0 Å². The van der Waals surface area contributed by atoms with Crippen LogP contribution < -0.4 is 10.9 Å². The summed E-state index contributed by atoms with van der Waals surface area (Å²) in [6.07, 6.45) is 0.793. The molecule has 1 aromatic heterocycles. The van der Waals surface area contributed by atoms with Crippen LogP contribution in [0.3, 0.4) is 0 Å². The van der Waals surface area contributed by atoms with E-state index in [9.17, 15) is 14.7 Å². The summed E-state index contributed by atoms with van der Waals surface area (Å²) in [5.74, 6) is -0.507. The summed E-state index contributed by atoms with van der Waals surface area (Å²) < 4.78 is 2.38. The number of nitrogens with one attached hydrogen (secondary N) is 1. The second-order valence-corrected chi connectivity index (χ2v) is 7.76. The predicted octanol–water partition coefficient (Wildman–Crippen LogP) is 4.77. The monoisotopic (exact) mass is 428 g/mol. The number of carbonyl (C=O) groups excluding carboxylic acids is 1. The molecular weight excluding hydrogens is 408 g/mol. The first-order chi connectivity index (χ1) is 12.9. The fourth-order valence-electron chi connectivity index (χ4n) is 2.96. The molecule has 1 heterocycles. The molecule has 0 spiro atoms. The molecule has 3 aromatic rings. The summed E-state index contributed by atoms with van der Waals surface area (Å²) in [6, 6.07) is 14.1. The van der Waals surface area contributed by atoms with Crippen molar-refractivity contribution in [3.8, 4) is 5.75 Å². The maximum atomic E-state index is 13.0. The van der Waals surface area contributed by atoms with Gasteiger partial charge in [-0.15, -0.1) is 0 Å². The van der Waals surface area contributed by atoms with Crippen LogP contribution in [0.25, 0.3) is 10.9 Å². The van der Waals surface area contributed by atoms with Gasteiger partial charge in [-0.1, -0.05) is 48.0 Å². The normalized spacial score (nSPS) is 11.1. The van der Waals surface area contributed by atoms with Crippen LogP contribution in [0.5, 0.6) is 5.75 Å². The zero-order valence-corrected chi connectivity index (χ0v) is 16.8. The molecule has 27 heavy (non-hydrogen) atoms. The number of carbonyl (C=O) groups is 1. The zero-order chi connectivity index (χ0) is 19.6. The molecule has 2 aromatic carbocycles. The highest BCUT2D eigenvalue weighted by molar-refractivity contribution is 9.10. The quantitative estimate of drug-likeness (QED) is 0.614. The molecule has 140 valence electrons. The number of halogens is 1. The number of hydrogen-bond acceptors (Lipinski definition) is 3. The highest BCUT2D eigenvalue weighted by atomic mass is 79.9. The Morgan fingerprint density at radius 2 is 1.93 bits per heavy atom. The number of pyridine rings is 1. The number of amides is 1. The van der Waals surface area contributed by atoms with Crippen LogP contribution in [0.2, 0.25) is 0 Å². The SMILES string of the molecule is CC(C)CCn1c(=O)c(C(=O)Nc2cccc(Br)c2)c(O)c2ccccc21. The Morgan fingerprint density at radius 3 is 2.63 bits per heavy atom. The van der Waals surface area contributed by atoms with Crippen molar-refractivity contribution >= 4 is 38.4 Å². The van der Waals surface area contributed by atoms with Gasteiger partial charge in [0.2, 0.25) is 0 Å². The summed E-state index contributed by atoms with van der Waals surface area (Å²) in [7, 11) is 0. The van der Waals surface area contributed by atoms with Crippen molar-refractivity contribution < 1.29 is 9.90 Å². The van der Waals surface area contributed by atoms with Gasteiger partial charge in [0.05, 0.1) is 5.52 Å². The highest BCUT2D eigenvalue weighted by Crippen LogP contribution is 2.27. The smallest absolute Gasteiger partial charge is 0.267 e. The van der Waals surface area contributed by atoms with Crippen LogP contribution >= 0.6 is 15.9 Å². The highest BCUT2D eigenvalue weighted by Gasteiger charge is 2.22. The summed E-state index contributed by atoms with van der Waals surface area (Å²) in [6.45, 7) is 4.64. The van der Waals surface area contributed by atoms with Crippen LogP contribution in [-0.2, 0) is 6.54 Å². The summed E-state index contributed by atoms with van der Waals surface area (Å²) in [5, 5.41) is 13.8. The molecule has 0 aliphatic heterocycles. The first kappa shape index (κ1) is 19.2. The zero-order valence-electron chi connectivity index (χ0n) is 15.2. The van der Waals surface area contributed by atoms with Gasteiger partial charge >= 0.3 is 0 Å². The van der Waals surface area contributed by atoms with E-state index in [0.717, 1.165) is 10.9 Å². The van der Waals surface area contributed by atoms with Crippen LogP contribution in [0.15, 0.2) is 57.8 Å². The van der Waals surface area contributed by atoms with E-state index in [1.807, 2.05) is 12.1 Å². The second-order valence-electron chi connectivity index (χ2n) is 6.84. The van der Waals surface area contributed by atoms with E-state index < -0.39 is 11.5 Å². The van der Waals surface area contributed by atoms with Crippen molar-refractivity contribution in [2.45, 2.75) is 26.8 Å². The lowest BCUT2D eigenvalue weighted by molar-refractivity contribution is 0.102. The van der Waals surface area contributed by atoms with E-state index in [4.69, 9.17) is 0 Å². The number of para-hydroxylation sites is 1. The van der Waals surface area contributed by atoms with Crippen molar-refractivity contribution in [3.05, 3.63) is 68.9 Å². The van der Waals surface area contributed by atoms with E-state index in [1.165, 1.54) is 0 Å². The average molecular weight is 429 g/mol. The molecule has 0 unspecified atom stereocenters. The van der Waals surface area contributed by atoms with E-state index in [2.05, 4.69) is 35.1 Å². The minimum absolute atomic E-state index is 0.238. The molecule has 6 heteroatoms. The number of rotatable bonds is 5. The second kappa shape index (κ2) is 7.96. The number of benzene rings is 2. The molecule has 0 fully saturated rings. The number of anilines is 1. The molecule has 0 radical (unpaired) electrons. The Morgan fingerprint density at radius 1 is 1.19 bits per heavy atom. The molecule has 0 atom stereocenters. The van der Waals surface area contributed by atoms with Gasteiger partial charge in [0.1, 0.15) is 11.3 Å². The van der Waals surface area contributed by atoms with Gasteiger partial charge in [-0.05, 0) is 42.7 Å². The van der Waals surface area contributed by atoms with Gasteiger partial charge in [-0.3, -0.25) is 9.59 Å². The number of fused-ring (bicyclic) bond motifs is 1. The fourth-order valence-corrected chi connectivity index (χ4v) is 3.36. The van der Waals surface area contributed by atoms with Gasteiger partial charge in [0.25, 0.3) is 11.5 Å². The Bertz CT molecular complexity index is 1060. The summed E-state index contributed by atoms with van der Waals surface area (Å²) >= 11 is 3.35. The minimum Gasteiger partial charge on any atom is -0.506 e. The van der Waals surface area contributed by atoms with Crippen molar-refractivity contribution in [2.75, 3.05) is 5.32 Å². The lowest BCUT2D eigenvalue weighted by Gasteiger charge is -2.16. The van der Waals surface area contributed by atoms with Gasteiger partial charge in [0, 0.05) is 22.1 Å². The molecule has 0 aliphatic rings. The number of aromatic hydroxyl groups is 1. The maximum Gasteiger partial charge on any atom is 0.267 e. The lowest BCUT2D eigenvalue weighted by atomic mass is 10.1. The van der Waals surface area contributed by atoms with Crippen molar-refractivity contribution in [1.29, 1.82) is 0 Å². The lowest BCUT2D eigenvalue weighted by Crippen LogP contribution is -2.30. The van der Waals surface area contributed by atoms with Crippen LogP contribution in [-0.4, -0.2) is 15.6 Å². The first-order valence-electron chi connectivity index (χ1n) is 8.80. The number of aryl methyl sites for hydroxylation is 1. The Labute approximate surface area is 165 Å². The molecule has 0 bridgehead atoms. The van der Waals surface area contributed by atoms with Crippen molar-refractivity contribution in [3.63, 3.8) is 0 Å². The fraction of sp³-hybridized carbons (Fsp3) is 0.238. The van der Waals surface area contributed by atoms with Gasteiger partial charge in [-0.2, -0.15) is 0 Å². The third kappa shape index (κ3) is 4.06. The predicted molar refractivity (Wildman–Crippen MR) is 111 cm³/mol. The van der Waals surface area contributed by atoms with Gasteiger partial charge in [0.15, 0.2) is 0 Å². The minimum atomic E-state index is -0.625. The Balaban J connectivity index is 2.11. The third-order valence-corrected chi connectivity index (χ3v) is 4.88. The Hall–Kier alpha value is -2.60. The van der Waals surface area contributed by atoms with Crippen molar-refractivity contribution in [1.82, 2.24) is 4.57 Å². The van der Waals surface area contributed by atoms with Gasteiger partial charge < -0.3 is 15.0 Å². The van der Waals surface area contributed by atoms with Crippen molar-refractivity contribution in [2.24, 2.45) is 5.92 Å². The standard InChI is InChI=1S/C21H21BrN2O3/c1-13(2)10-11-24-17-9-4-3-8-16(17)19(25)18(21(24)27)20(26)23-15-7-5-6-14(22)12-15/h3-9,12-13,25H,10-11H2,1-2H3,(H,23,26). The number of aromatic nitrogens is 1. The van der Waals surface area contributed by atoms with E-state index in [0.29, 0.717) is 29.1 Å². The number of hydrogen-bond donors (Lipinski definition) is 2. The number of nitrogens with zero attached hydrogens (tertiary/aromatic N) is 1. The van der Waals surface area contributed by atoms with E-state index >= 15 is 0 Å². The third-order valence-electron chi connectivity index (χ3n) is 4.39. The molecule has 5 nitrogen and oxygen atoms in total. The van der Waals surface area contributed by atoms with E-state index in [-0.39, 0.29) is 11.3 Å². The molecule has 0 saturated heterocycles. The molecule has 0 aliphatic carbocycles. The molecule has 3 rings (SSSR count).